The van der Waals surface area contributed by atoms with Crippen molar-refractivity contribution in [3.63, 3.8) is 0 Å². The lowest BCUT2D eigenvalue weighted by molar-refractivity contribution is -0.167. The van der Waals surface area contributed by atoms with Crippen LogP contribution in [0.2, 0.25) is 0 Å². The lowest BCUT2D eigenvalue weighted by Gasteiger charge is -2.09. The van der Waals surface area contributed by atoms with Crippen LogP contribution in [-0.2, 0) is 9.59 Å². The number of alkyl halides is 3. The normalized spacial score (nSPS) is 12.0. The van der Waals surface area contributed by atoms with Gasteiger partial charge in [0, 0.05) is 12.1 Å². The zero-order valence-electron chi connectivity index (χ0n) is 14.9. The van der Waals surface area contributed by atoms with Crippen LogP contribution in [0.3, 0.4) is 0 Å². The Labute approximate surface area is 151 Å². The molecule has 0 aliphatic heterocycles. The van der Waals surface area contributed by atoms with Crippen LogP contribution >= 0.6 is 0 Å². The fourth-order valence-electron chi connectivity index (χ4n) is 2.18. The van der Waals surface area contributed by atoms with Gasteiger partial charge >= 0.3 is 12.1 Å². The summed E-state index contributed by atoms with van der Waals surface area (Å²) in [5.41, 5.74) is 3.36. The summed E-state index contributed by atoms with van der Waals surface area (Å²) in [4.78, 5) is 22.7. The van der Waals surface area contributed by atoms with E-state index in [0.29, 0.717) is 17.7 Å². The van der Waals surface area contributed by atoms with Crippen LogP contribution < -0.4 is 10.7 Å². The largest absolute Gasteiger partial charge is 0.471 e. The number of amides is 2. The number of hydrogen-bond acceptors (Lipinski definition) is 3. The highest BCUT2D eigenvalue weighted by atomic mass is 19.4. The van der Waals surface area contributed by atoms with Crippen molar-refractivity contribution in [2.45, 2.75) is 58.5 Å². The highest BCUT2D eigenvalue weighted by Gasteiger charge is 2.38. The molecule has 0 aromatic heterocycles. The molecule has 0 radical (unpaired) electrons. The van der Waals surface area contributed by atoms with E-state index >= 15 is 0 Å². The van der Waals surface area contributed by atoms with Gasteiger partial charge in [-0.2, -0.15) is 18.3 Å². The molecule has 1 aromatic rings. The molecule has 2 N–H and O–H groups in total. The van der Waals surface area contributed by atoms with Crippen LogP contribution in [0.15, 0.2) is 29.4 Å². The molecule has 5 nitrogen and oxygen atoms in total. The molecular weight excluding hydrogens is 347 g/mol. The first kappa shape index (κ1) is 21.7. The highest BCUT2D eigenvalue weighted by molar-refractivity contribution is 6.01. The first-order valence-electron chi connectivity index (χ1n) is 8.55. The zero-order chi connectivity index (χ0) is 19.6. The molecule has 0 atom stereocenters. The summed E-state index contributed by atoms with van der Waals surface area (Å²) in [5, 5.41) is 5.74. The molecule has 0 heterocycles. The smallest absolute Gasteiger partial charge is 0.318 e. The standard InChI is InChI=1S/C18H24F3N3O2/c1-3-4-5-6-7-11-16(25)24-23-13(2)14-9-8-10-15(12-14)22-17(26)18(19,20)21/h8-10,12H,3-7,11H2,1-2H3,(H,22,26)(H,24,25). The second-order valence-electron chi connectivity index (χ2n) is 5.93. The Kier molecular flexibility index (Phi) is 8.81. The van der Waals surface area contributed by atoms with Gasteiger partial charge in [-0.1, -0.05) is 44.7 Å². The van der Waals surface area contributed by atoms with E-state index in [9.17, 15) is 22.8 Å². The van der Waals surface area contributed by atoms with Crippen molar-refractivity contribution < 1.29 is 22.8 Å². The molecule has 0 aliphatic carbocycles. The minimum atomic E-state index is -4.95. The molecule has 0 fully saturated rings. The Hall–Kier alpha value is -2.38. The van der Waals surface area contributed by atoms with Crippen LogP contribution in [-0.4, -0.2) is 23.7 Å². The minimum Gasteiger partial charge on any atom is -0.318 e. The van der Waals surface area contributed by atoms with Crippen LogP contribution in [0.1, 0.15) is 57.9 Å². The third kappa shape index (κ3) is 8.13. The number of anilines is 1. The Morgan fingerprint density at radius 1 is 1.12 bits per heavy atom. The molecule has 0 unspecified atom stereocenters. The molecule has 26 heavy (non-hydrogen) atoms. The van der Waals surface area contributed by atoms with Crippen molar-refractivity contribution in [3.05, 3.63) is 29.8 Å². The molecule has 8 heteroatoms. The van der Waals surface area contributed by atoms with Crippen LogP contribution in [0.25, 0.3) is 0 Å². The number of carbonyl (C=O) groups is 2. The van der Waals surface area contributed by atoms with Crippen molar-refractivity contribution >= 4 is 23.2 Å². The minimum absolute atomic E-state index is 0.00151. The van der Waals surface area contributed by atoms with E-state index in [1.807, 2.05) is 0 Å². The number of unbranched alkanes of at least 4 members (excludes halogenated alkanes) is 4. The van der Waals surface area contributed by atoms with Crippen LogP contribution in [0.4, 0.5) is 18.9 Å². The summed E-state index contributed by atoms with van der Waals surface area (Å²) in [6, 6.07) is 5.82. The number of nitrogens with one attached hydrogen (secondary N) is 2. The Morgan fingerprint density at radius 3 is 2.46 bits per heavy atom. The average molecular weight is 371 g/mol. The molecule has 1 rings (SSSR count). The molecule has 0 saturated carbocycles. The Bertz CT molecular complexity index is 643. The number of halogens is 3. The van der Waals surface area contributed by atoms with E-state index in [2.05, 4.69) is 17.5 Å². The monoisotopic (exact) mass is 371 g/mol. The predicted octanol–water partition coefficient (Wildman–Crippen LogP) is 4.39. The highest BCUT2D eigenvalue weighted by Crippen LogP contribution is 2.19. The number of carbonyl (C=O) groups excluding carboxylic acids is 2. The SMILES string of the molecule is CCCCCCCC(=O)NN=C(C)c1cccc(NC(=O)C(F)(F)F)c1. The Balaban J connectivity index is 2.57. The van der Waals surface area contributed by atoms with Gasteiger partial charge in [-0.25, -0.2) is 5.43 Å². The van der Waals surface area contributed by atoms with Crippen molar-refractivity contribution in [2.24, 2.45) is 5.10 Å². The number of nitrogens with zero attached hydrogens (tertiary/aromatic N) is 1. The quantitative estimate of drug-likeness (QED) is 0.384. The van der Waals surface area contributed by atoms with Gasteiger partial charge < -0.3 is 5.32 Å². The lowest BCUT2D eigenvalue weighted by Crippen LogP contribution is -2.29. The van der Waals surface area contributed by atoms with Crippen molar-refractivity contribution in [2.75, 3.05) is 5.32 Å². The second-order valence-corrected chi connectivity index (χ2v) is 5.93. The average Bonchev–Trinajstić information content (AvgIpc) is 2.59. The molecule has 2 amide bonds. The van der Waals surface area contributed by atoms with Crippen LogP contribution in [0.5, 0.6) is 0 Å². The first-order chi connectivity index (χ1) is 12.2. The second kappa shape index (κ2) is 10.6. The molecular formula is C18H24F3N3O2. The molecule has 1 aromatic carbocycles. The Morgan fingerprint density at radius 2 is 1.81 bits per heavy atom. The summed E-state index contributed by atoms with van der Waals surface area (Å²) in [7, 11) is 0. The maximum atomic E-state index is 12.3. The van der Waals surface area contributed by atoms with E-state index in [4.69, 9.17) is 0 Å². The number of hydrazone groups is 1. The maximum absolute atomic E-state index is 12.3. The fourth-order valence-corrected chi connectivity index (χ4v) is 2.18. The number of hydrogen-bond donors (Lipinski definition) is 2. The summed E-state index contributed by atoms with van der Waals surface area (Å²) < 4.78 is 36.9. The van der Waals surface area contributed by atoms with E-state index < -0.39 is 12.1 Å². The van der Waals surface area contributed by atoms with Gasteiger partial charge in [-0.3, -0.25) is 9.59 Å². The summed E-state index contributed by atoms with van der Waals surface area (Å²) in [5.74, 6) is -2.25. The zero-order valence-corrected chi connectivity index (χ0v) is 14.9. The van der Waals surface area contributed by atoms with Crippen molar-refractivity contribution in [1.82, 2.24) is 5.43 Å². The van der Waals surface area contributed by atoms with Gasteiger partial charge in [0.2, 0.25) is 5.91 Å². The van der Waals surface area contributed by atoms with Gasteiger partial charge in [0.05, 0.1) is 5.71 Å². The van der Waals surface area contributed by atoms with E-state index in [1.165, 1.54) is 18.2 Å². The summed E-state index contributed by atoms with van der Waals surface area (Å²) >= 11 is 0. The van der Waals surface area contributed by atoms with Gasteiger partial charge in [0.1, 0.15) is 0 Å². The third-order valence-electron chi connectivity index (χ3n) is 3.65. The number of benzene rings is 1. The molecule has 0 bridgehead atoms. The maximum Gasteiger partial charge on any atom is 0.471 e. The molecule has 0 spiro atoms. The van der Waals surface area contributed by atoms with E-state index in [1.54, 1.807) is 18.3 Å². The van der Waals surface area contributed by atoms with Gasteiger partial charge in [-0.05, 0) is 31.0 Å². The first-order valence-corrected chi connectivity index (χ1v) is 8.55. The summed E-state index contributed by atoms with van der Waals surface area (Å²) in [6.07, 6.45) is 0.595. The lowest BCUT2D eigenvalue weighted by atomic mass is 10.1. The van der Waals surface area contributed by atoms with Crippen molar-refractivity contribution in [3.8, 4) is 0 Å². The van der Waals surface area contributed by atoms with Crippen LogP contribution in [0, 0.1) is 0 Å². The van der Waals surface area contributed by atoms with Gasteiger partial charge in [-0.15, -0.1) is 0 Å². The van der Waals surface area contributed by atoms with Crippen molar-refractivity contribution in [1.29, 1.82) is 0 Å². The number of rotatable bonds is 9. The van der Waals surface area contributed by atoms with E-state index in [0.717, 1.165) is 32.1 Å². The molecule has 0 aliphatic rings. The van der Waals surface area contributed by atoms with Gasteiger partial charge in [0.15, 0.2) is 0 Å². The van der Waals surface area contributed by atoms with E-state index in [-0.39, 0.29) is 11.6 Å². The topological polar surface area (TPSA) is 70.6 Å². The summed E-state index contributed by atoms with van der Waals surface area (Å²) in [6.45, 7) is 3.74. The van der Waals surface area contributed by atoms with Gasteiger partial charge in [0.25, 0.3) is 0 Å². The predicted molar refractivity (Wildman–Crippen MR) is 94.9 cm³/mol. The molecule has 0 saturated heterocycles. The fraction of sp³-hybridized carbons (Fsp3) is 0.500. The third-order valence-corrected chi connectivity index (χ3v) is 3.65. The molecule has 144 valence electrons.